The first-order valence-corrected chi connectivity index (χ1v) is 5.32. The zero-order chi connectivity index (χ0) is 13.1. The molecule has 0 unspecified atom stereocenters. The molecule has 1 aromatic carbocycles. The van der Waals surface area contributed by atoms with Gasteiger partial charge in [0, 0.05) is 5.56 Å². The summed E-state index contributed by atoms with van der Waals surface area (Å²) in [6.07, 6.45) is 3.17. The third-order valence-electron chi connectivity index (χ3n) is 2.67. The van der Waals surface area contributed by atoms with Crippen LogP contribution in [-0.4, -0.2) is 28.4 Å². The average Bonchev–Trinajstić information content (AvgIpc) is 2.39. The fourth-order valence-electron chi connectivity index (χ4n) is 1.78. The molecule has 1 N–H and O–H groups in total. The van der Waals surface area contributed by atoms with Gasteiger partial charge in [0.2, 0.25) is 0 Å². The molecule has 5 heteroatoms. The Kier molecular flexibility index (Phi) is 3.23. The summed E-state index contributed by atoms with van der Waals surface area (Å²) in [4.78, 5) is 11.2. The number of carboxylic acid groups (broad SMARTS) is 1. The molecule has 0 saturated carbocycles. The number of aryl methyl sites for hydroxylation is 1. The van der Waals surface area contributed by atoms with Gasteiger partial charge in [-0.25, -0.2) is 4.79 Å². The summed E-state index contributed by atoms with van der Waals surface area (Å²) in [7, 11) is 1.45. The number of aromatic carboxylic acids is 1. The number of carboxylic acids is 1. The number of benzene rings is 1. The maximum atomic E-state index is 11.2. The maximum Gasteiger partial charge on any atom is 0.339 e. The number of hydrogen-bond acceptors (Lipinski definition) is 4. The van der Waals surface area contributed by atoms with E-state index in [1.165, 1.54) is 7.11 Å². The van der Waals surface area contributed by atoms with Gasteiger partial charge >= 0.3 is 5.97 Å². The van der Waals surface area contributed by atoms with E-state index in [2.05, 4.69) is 10.2 Å². The summed E-state index contributed by atoms with van der Waals surface area (Å²) < 4.78 is 5.07. The molecule has 0 bridgehead atoms. The van der Waals surface area contributed by atoms with Crippen molar-refractivity contribution in [1.82, 2.24) is 10.2 Å². The highest BCUT2D eigenvalue weighted by Crippen LogP contribution is 2.29. The van der Waals surface area contributed by atoms with Crippen LogP contribution in [0.25, 0.3) is 11.1 Å². The third-order valence-corrected chi connectivity index (χ3v) is 2.67. The highest BCUT2D eigenvalue weighted by Gasteiger charge is 2.14. The van der Waals surface area contributed by atoms with Crippen molar-refractivity contribution in [2.75, 3.05) is 7.11 Å². The Morgan fingerprint density at radius 1 is 1.33 bits per heavy atom. The topological polar surface area (TPSA) is 72.3 Å². The van der Waals surface area contributed by atoms with Crippen LogP contribution in [0.5, 0.6) is 5.75 Å². The van der Waals surface area contributed by atoms with Gasteiger partial charge in [-0.3, -0.25) is 0 Å². The first kappa shape index (κ1) is 12.0. The monoisotopic (exact) mass is 244 g/mol. The number of aromatic nitrogens is 2. The van der Waals surface area contributed by atoms with E-state index < -0.39 is 5.97 Å². The maximum absolute atomic E-state index is 11.2. The second kappa shape index (κ2) is 4.83. The first-order valence-electron chi connectivity index (χ1n) is 5.32. The molecule has 0 saturated heterocycles. The van der Waals surface area contributed by atoms with E-state index in [0.717, 1.165) is 16.7 Å². The second-order valence-corrected chi connectivity index (χ2v) is 3.80. The predicted octanol–water partition coefficient (Wildman–Crippen LogP) is 2.16. The van der Waals surface area contributed by atoms with Crippen LogP contribution in [0.15, 0.2) is 30.6 Å². The van der Waals surface area contributed by atoms with Gasteiger partial charge in [-0.1, -0.05) is 0 Å². The summed E-state index contributed by atoms with van der Waals surface area (Å²) >= 11 is 0. The van der Waals surface area contributed by atoms with Gasteiger partial charge in [-0.2, -0.15) is 10.2 Å². The third kappa shape index (κ3) is 2.15. The number of rotatable bonds is 3. The molecule has 0 aliphatic heterocycles. The molecule has 0 amide bonds. The summed E-state index contributed by atoms with van der Waals surface area (Å²) in [5.74, 6) is -0.666. The van der Waals surface area contributed by atoms with Crippen molar-refractivity contribution in [3.05, 3.63) is 41.7 Å². The van der Waals surface area contributed by atoms with E-state index in [1.807, 2.05) is 6.92 Å². The quantitative estimate of drug-likeness (QED) is 0.895. The van der Waals surface area contributed by atoms with Crippen LogP contribution in [0.1, 0.15) is 15.9 Å². The van der Waals surface area contributed by atoms with Crippen molar-refractivity contribution in [1.29, 1.82) is 0 Å². The molecule has 2 aromatic rings. The summed E-state index contributed by atoms with van der Waals surface area (Å²) in [5.41, 5.74) is 2.69. The van der Waals surface area contributed by atoms with E-state index in [-0.39, 0.29) is 5.56 Å². The van der Waals surface area contributed by atoms with Gasteiger partial charge in [0.25, 0.3) is 0 Å². The Morgan fingerprint density at radius 3 is 2.67 bits per heavy atom. The van der Waals surface area contributed by atoms with Crippen molar-refractivity contribution in [2.45, 2.75) is 6.92 Å². The van der Waals surface area contributed by atoms with Gasteiger partial charge < -0.3 is 9.84 Å². The van der Waals surface area contributed by atoms with Gasteiger partial charge in [0.05, 0.1) is 19.5 Å². The van der Waals surface area contributed by atoms with E-state index in [9.17, 15) is 4.79 Å². The normalized spacial score (nSPS) is 10.1. The molecule has 92 valence electrons. The van der Waals surface area contributed by atoms with Crippen molar-refractivity contribution < 1.29 is 14.6 Å². The molecular formula is C13H12N2O3. The fourth-order valence-corrected chi connectivity index (χ4v) is 1.78. The van der Waals surface area contributed by atoms with E-state index >= 15 is 0 Å². The van der Waals surface area contributed by atoms with Crippen molar-refractivity contribution in [3.63, 3.8) is 0 Å². The smallest absolute Gasteiger partial charge is 0.339 e. The molecule has 2 rings (SSSR count). The molecule has 18 heavy (non-hydrogen) atoms. The van der Waals surface area contributed by atoms with Crippen LogP contribution in [0.3, 0.4) is 0 Å². The Labute approximate surface area is 104 Å². The molecular weight excluding hydrogens is 232 g/mol. The average molecular weight is 244 g/mol. The SMILES string of the molecule is COc1cc(C)c(-c2ccnnc2)cc1C(=O)O. The number of carbonyl (C=O) groups is 1. The second-order valence-electron chi connectivity index (χ2n) is 3.80. The lowest BCUT2D eigenvalue weighted by atomic mass is 9.99. The Bertz CT molecular complexity index is 582. The minimum atomic E-state index is -1.02. The van der Waals surface area contributed by atoms with Crippen LogP contribution in [0.2, 0.25) is 0 Å². The van der Waals surface area contributed by atoms with E-state index in [4.69, 9.17) is 9.84 Å². The Balaban J connectivity index is 2.63. The van der Waals surface area contributed by atoms with E-state index in [1.54, 1.807) is 30.6 Å². The van der Waals surface area contributed by atoms with Gasteiger partial charge in [0.15, 0.2) is 0 Å². The van der Waals surface area contributed by atoms with Crippen LogP contribution in [0.4, 0.5) is 0 Å². The number of methoxy groups -OCH3 is 1. The van der Waals surface area contributed by atoms with Gasteiger partial charge in [0.1, 0.15) is 11.3 Å². The zero-order valence-electron chi connectivity index (χ0n) is 10.0. The minimum absolute atomic E-state index is 0.134. The number of nitrogens with zero attached hydrogens (tertiary/aromatic N) is 2. The van der Waals surface area contributed by atoms with Crippen LogP contribution in [0, 0.1) is 6.92 Å². The summed E-state index contributed by atoms with van der Waals surface area (Å²) in [6, 6.07) is 5.08. The lowest BCUT2D eigenvalue weighted by Crippen LogP contribution is -2.02. The summed E-state index contributed by atoms with van der Waals surface area (Å²) in [5, 5.41) is 16.6. The molecule has 0 aliphatic carbocycles. The lowest BCUT2D eigenvalue weighted by Gasteiger charge is -2.11. The Morgan fingerprint density at radius 2 is 2.11 bits per heavy atom. The van der Waals surface area contributed by atoms with Crippen LogP contribution in [-0.2, 0) is 0 Å². The molecule has 0 spiro atoms. The molecule has 1 aromatic heterocycles. The van der Waals surface area contributed by atoms with Crippen LogP contribution < -0.4 is 4.74 Å². The number of hydrogen-bond donors (Lipinski definition) is 1. The van der Waals surface area contributed by atoms with Crippen molar-refractivity contribution in [2.24, 2.45) is 0 Å². The van der Waals surface area contributed by atoms with Crippen molar-refractivity contribution >= 4 is 5.97 Å². The highest BCUT2D eigenvalue weighted by atomic mass is 16.5. The van der Waals surface area contributed by atoms with Gasteiger partial charge in [-0.15, -0.1) is 0 Å². The lowest BCUT2D eigenvalue weighted by molar-refractivity contribution is 0.0693. The molecule has 0 fully saturated rings. The zero-order valence-corrected chi connectivity index (χ0v) is 10.0. The molecule has 0 radical (unpaired) electrons. The molecule has 0 aliphatic rings. The van der Waals surface area contributed by atoms with Crippen LogP contribution >= 0.6 is 0 Å². The van der Waals surface area contributed by atoms with E-state index in [0.29, 0.717) is 5.75 Å². The van der Waals surface area contributed by atoms with Gasteiger partial charge in [-0.05, 0) is 36.2 Å². The minimum Gasteiger partial charge on any atom is -0.496 e. The fraction of sp³-hybridized carbons (Fsp3) is 0.154. The highest BCUT2D eigenvalue weighted by molar-refractivity contribution is 5.93. The first-order chi connectivity index (χ1) is 8.63. The molecule has 1 heterocycles. The molecule has 0 atom stereocenters. The Hall–Kier alpha value is -2.43. The largest absolute Gasteiger partial charge is 0.496 e. The van der Waals surface area contributed by atoms with Crippen molar-refractivity contribution in [3.8, 4) is 16.9 Å². The predicted molar refractivity (Wildman–Crippen MR) is 65.7 cm³/mol. The number of ether oxygens (including phenoxy) is 1. The molecule has 5 nitrogen and oxygen atoms in total. The standard InChI is InChI=1S/C13H12N2O3/c1-8-5-12(18-2)11(13(16)17)6-10(8)9-3-4-14-15-7-9/h3-7H,1-2H3,(H,16,17). The summed E-state index contributed by atoms with van der Waals surface area (Å²) in [6.45, 7) is 1.89.